The highest BCUT2D eigenvalue weighted by molar-refractivity contribution is 6.23. The van der Waals surface area contributed by atoms with Gasteiger partial charge in [0.15, 0.2) is 6.61 Å². The molecule has 0 fully saturated rings. The number of esters is 3. The summed E-state index contributed by atoms with van der Waals surface area (Å²) in [7, 11) is 1.47. The molecule has 0 unspecified atom stereocenters. The molecule has 0 aromatic heterocycles. The first kappa shape index (κ1) is 12.8. The number of carbonyl (C=O) groups excluding carboxylic acids is 3. The number of ether oxygens (including phenoxy) is 3. The van der Waals surface area contributed by atoms with Crippen LogP contribution in [0.25, 0.3) is 5.57 Å². The van der Waals surface area contributed by atoms with Crippen LogP contribution in [0.3, 0.4) is 0 Å². The molecule has 0 saturated heterocycles. The van der Waals surface area contributed by atoms with Crippen molar-refractivity contribution in [3.05, 3.63) is 35.9 Å². The predicted molar refractivity (Wildman–Crippen MR) is 63.0 cm³/mol. The number of methoxy groups -OCH3 is 1. The van der Waals surface area contributed by atoms with E-state index in [2.05, 4.69) is 9.47 Å². The standard InChI is InChI=1S/C13H10O6/c1-17-9-4-2-3-8(5-9)10-6-11(14)18-7-12(15)19-13(10)16/h2-6H,7H2,1H3/b10-6+. The Morgan fingerprint density at radius 2 is 2.00 bits per heavy atom. The molecule has 0 aliphatic carbocycles. The van der Waals surface area contributed by atoms with Crippen LogP contribution in [-0.2, 0) is 23.9 Å². The molecule has 2 rings (SSSR count). The first-order valence-corrected chi connectivity index (χ1v) is 5.38. The van der Waals surface area contributed by atoms with Gasteiger partial charge in [0.05, 0.1) is 12.7 Å². The smallest absolute Gasteiger partial charge is 0.352 e. The Labute approximate surface area is 108 Å². The summed E-state index contributed by atoms with van der Waals surface area (Å²) in [5.41, 5.74) is 0.341. The SMILES string of the molecule is COc1cccc(/C2=C\C(=O)OCC(=O)OC2=O)c1. The van der Waals surface area contributed by atoms with Crippen LogP contribution in [0.4, 0.5) is 0 Å². The number of cyclic esters (lactones) is 3. The van der Waals surface area contributed by atoms with Crippen LogP contribution in [-0.4, -0.2) is 31.6 Å². The van der Waals surface area contributed by atoms with Crippen molar-refractivity contribution in [2.75, 3.05) is 13.7 Å². The van der Waals surface area contributed by atoms with Crippen LogP contribution in [0, 0.1) is 0 Å². The predicted octanol–water partition coefficient (Wildman–Crippen LogP) is 0.705. The lowest BCUT2D eigenvalue weighted by Crippen LogP contribution is -2.23. The largest absolute Gasteiger partial charge is 0.497 e. The second-order valence-corrected chi connectivity index (χ2v) is 3.66. The Morgan fingerprint density at radius 3 is 2.74 bits per heavy atom. The first-order chi connectivity index (χ1) is 9.10. The van der Waals surface area contributed by atoms with Gasteiger partial charge in [-0.3, -0.25) is 0 Å². The minimum absolute atomic E-state index is 0.0584. The quantitative estimate of drug-likeness (QED) is 0.576. The van der Waals surface area contributed by atoms with Gasteiger partial charge in [0.25, 0.3) is 0 Å². The number of hydrogen-bond donors (Lipinski definition) is 0. The molecule has 98 valence electrons. The molecule has 1 aromatic carbocycles. The normalized spacial score (nSPS) is 18.6. The summed E-state index contributed by atoms with van der Waals surface area (Å²) in [6, 6.07) is 6.47. The van der Waals surface area contributed by atoms with E-state index in [-0.39, 0.29) is 5.57 Å². The van der Waals surface area contributed by atoms with E-state index >= 15 is 0 Å². The topological polar surface area (TPSA) is 78.9 Å². The summed E-state index contributed by atoms with van der Waals surface area (Å²) < 4.78 is 14.1. The third-order valence-corrected chi connectivity index (χ3v) is 2.40. The van der Waals surface area contributed by atoms with Crippen LogP contribution < -0.4 is 4.74 Å². The second-order valence-electron chi connectivity index (χ2n) is 3.66. The minimum Gasteiger partial charge on any atom is -0.497 e. The summed E-state index contributed by atoms with van der Waals surface area (Å²) in [5.74, 6) is -2.07. The maximum absolute atomic E-state index is 11.8. The van der Waals surface area contributed by atoms with Crippen LogP contribution in [0.2, 0.25) is 0 Å². The molecule has 6 heteroatoms. The monoisotopic (exact) mass is 262 g/mol. The maximum Gasteiger partial charge on any atom is 0.352 e. The van der Waals surface area contributed by atoms with Crippen LogP contribution >= 0.6 is 0 Å². The van der Waals surface area contributed by atoms with Gasteiger partial charge in [0.1, 0.15) is 5.75 Å². The van der Waals surface area contributed by atoms with Gasteiger partial charge in [-0.25, -0.2) is 14.4 Å². The lowest BCUT2D eigenvalue weighted by atomic mass is 10.1. The molecule has 0 spiro atoms. The van der Waals surface area contributed by atoms with Crippen molar-refractivity contribution >= 4 is 23.5 Å². The van der Waals surface area contributed by atoms with E-state index in [0.717, 1.165) is 6.08 Å². The fourth-order valence-electron chi connectivity index (χ4n) is 1.53. The Bertz CT molecular complexity index is 572. The Balaban J connectivity index is 2.43. The first-order valence-electron chi connectivity index (χ1n) is 5.38. The van der Waals surface area contributed by atoms with Crippen molar-refractivity contribution in [1.29, 1.82) is 0 Å². The van der Waals surface area contributed by atoms with Crippen molar-refractivity contribution in [2.45, 2.75) is 0 Å². The second kappa shape index (κ2) is 5.34. The lowest BCUT2D eigenvalue weighted by molar-refractivity contribution is -0.163. The highest BCUT2D eigenvalue weighted by atomic mass is 16.6. The molecule has 0 N–H and O–H groups in total. The van der Waals surface area contributed by atoms with Crippen molar-refractivity contribution in [3.63, 3.8) is 0 Å². The molecule has 19 heavy (non-hydrogen) atoms. The molecule has 1 aliphatic heterocycles. The zero-order valence-corrected chi connectivity index (χ0v) is 10.0. The Morgan fingerprint density at radius 1 is 1.21 bits per heavy atom. The van der Waals surface area contributed by atoms with E-state index in [0.29, 0.717) is 11.3 Å². The molecular weight excluding hydrogens is 252 g/mol. The average Bonchev–Trinajstić information content (AvgIpc) is 2.41. The van der Waals surface area contributed by atoms with E-state index in [4.69, 9.17) is 4.74 Å². The van der Waals surface area contributed by atoms with Crippen LogP contribution in [0.5, 0.6) is 5.75 Å². The van der Waals surface area contributed by atoms with Crippen molar-refractivity contribution < 1.29 is 28.6 Å². The highest BCUT2D eigenvalue weighted by Gasteiger charge is 2.23. The average molecular weight is 262 g/mol. The van der Waals surface area contributed by atoms with Gasteiger partial charge < -0.3 is 14.2 Å². The van der Waals surface area contributed by atoms with Gasteiger partial charge in [-0.2, -0.15) is 0 Å². The zero-order valence-electron chi connectivity index (χ0n) is 10.0. The maximum atomic E-state index is 11.8. The molecule has 0 atom stereocenters. The van der Waals surface area contributed by atoms with Gasteiger partial charge in [-0.15, -0.1) is 0 Å². The van der Waals surface area contributed by atoms with Gasteiger partial charge in [-0.1, -0.05) is 12.1 Å². The van der Waals surface area contributed by atoms with Gasteiger partial charge in [0.2, 0.25) is 0 Å². The van der Waals surface area contributed by atoms with E-state index in [1.165, 1.54) is 7.11 Å². The Hall–Kier alpha value is -2.63. The molecule has 0 bridgehead atoms. The molecular formula is C13H10O6. The van der Waals surface area contributed by atoms with Gasteiger partial charge in [0, 0.05) is 6.08 Å². The molecule has 0 radical (unpaired) electrons. The minimum atomic E-state index is -0.910. The molecule has 0 amide bonds. The molecule has 1 heterocycles. The third kappa shape index (κ3) is 2.98. The summed E-state index contributed by atoms with van der Waals surface area (Å²) >= 11 is 0. The fourth-order valence-corrected chi connectivity index (χ4v) is 1.53. The molecule has 0 saturated carbocycles. The van der Waals surface area contributed by atoms with E-state index in [1.54, 1.807) is 24.3 Å². The summed E-state index contributed by atoms with van der Waals surface area (Å²) in [6.45, 7) is -0.577. The molecule has 6 nitrogen and oxygen atoms in total. The van der Waals surface area contributed by atoms with Gasteiger partial charge >= 0.3 is 17.9 Å². The third-order valence-electron chi connectivity index (χ3n) is 2.40. The molecule has 1 aromatic rings. The van der Waals surface area contributed by atoms with Crippen LogP contribution in [0.15, 0.2) is 30.3 Å². The fraction of sp³-hybridized carbons (Fsp3) is 0.154. The zero-order chi connectivity index (χ0) is 13.8. The van der Waals surface area contributed by atoms with E-state index in [9.17, 15) is 14.4 Å². The van der Waals surface area contributed by atoms with E-state index < -0.39 is 24.5 Å². The van der Waals surface area contributed by atoms with Crippen molar-refractivity contribution in [2.24, 2.45) is 0 Å². The van der Waals surface area contributed by atoms with Crippen molar-refractivity contribution in [3.8, 4) is 5.75 Å². The van der Waals surface area contributed by atoms with E-state index in [1.807, 2.05) is 0 Å². The summed E-state index contributed by atoms with van der Waals surface area (Å²) in [6.07, 6.45) is 0.990. The molecule has 1 aliphatic rings. The summed E-state index contributed by atoms with van der Waals surface area (Å²) in [5, 5.41) is 0. The number of carbonyl (C=O) groups is 3. The van der Waals surface area contributed by atoms with Gasteiger partial charge in [-0.05, 0) is 17.7 Å². The highest BCUT2D eigenvalue weighted by Crippen LogP contribution is 2.22. The number of hydrogen-bond acceptors (Lipinski definition) is 6. The Kier molecular flexibility index (Phi) is 3.61. The number of rotatable bonds is 2. The number of benzene rings is 1. The lowest BCUT2D eigenvalue weighted by Gasteiger charge is -2.11. The van der Waals surface area contributed by atoms with Crippen molar-refractivity contribution in [1.82, 2.24) is 0 Å². The summed E-state index contributed by atoms with van der Waals surface area (Å²) in [4.78, 5) is 34.3. The van der Waals surface area contributed by atoms with Crippen LogP contribution in [0.1, 0.15) is 5.56 Å².